The van der Waals surface area contributed by atoms with Crippen molar-refractivity contribution in [3.8, 4) is 5.75 Å². The molecule has 0 spiro atoms. The molecule has 1 unspecified atom stereocenters. The standard InChI is InChI=1S/C19H25ClNO2.ClH/c1-15-11-17(20)9-10-19(15)23-14-18(22)13-21(2,3)12-16-7-5-4-6-8-16;/h4-11,18,22H,12-14H2,1-3H3;1H/q+1;/p-1. The maximum Gasteiger partial charge on any atom is 0.137 e. The van der Waals surface area contributed by atoms with Crippen molar-refractivity contribution in [3.63, 3.8) is 0 Å². The highest BCUT2D eigenvalue weighted by molar-refractivity contribution is 6.30. The van der Waals surface area contributed by atoms with E-state index in [1.54, 1.807) is 6.07 Å². The second-order valence-corrected chi connectivity index (χ2v) is 7.07. The maximum atomic E-state index is 10.3. The van der Waals surface area contributed by atoms with Crippen molar-refractivity contribution in [2.75, 3.05) is 27.2 Å². The second-order valence-electron chi connectivity index (χ2n) is 6.64. The zero-order chi connectivity index (χ0) is 16.9. The molecule has 0 saturated carbocycles. The van der Waals surface area contributed by atoms with Crippen LogP contribution in [0.5, 0.6) is 5.75 Å². The van der Waals surface area contributed by atoms with Crippen LogP contribution in [0.25, 0.3) is 0 Å². The van der Waals surface area contributed by atoms with Gasteiger partial charge in [-0.1, -0.05) is 41.9 Å². The molecule has 1 atom stereocenters. The van der Waals surface area contributed by atoms with E-state index in [1.807, 2.05) is 37.3 Å². The first-order valence-corrected chi connectivity index (χ1v) is 8.16. The third-order valence-electron chi connectivity index (χ3n) is 3.73. The lowest BCUT2D eigenvalue weighted by Crippen LogP contribution is -3.00. The molecule has 0 aliphatic rings. The number of hydrogen-bond acceptors (Lipinski definition) is 2. The number of aryl methyl sites for hydroxylation is 1. The normalized spacial score (nSPS) is 12.4. The molecule has 2 aromatic carbocycles. The van der Waals surface area contributed by atoms with Gasteiger partial charge in [0.05, 0.1) is 14.1 Å². The lowest BCUT2D eigenvalue weighted by molar-refractivity contribution is -0.906. The van der Waals surface area contributed by atoms with Gasteiger partial charge in [-0.3, -0.25) is 0 Å². The first kappa shape index (κ1) is 20.8. The van der Waals surface area contributed by atoms with Gasteiger partial charge in [0, 0.05) is 10.6 Å². The number of rotatable bonds is 7. The third-order valence-corrected chi connectivity index (χ3v) is 3.96. The fraction of sp³-hybridized carbons (Fsp3) is 0.368. The highest BCUT2D eigenvalue weighted by Crippen LogP contribution is 2.22. The summed E-state index contributed by atoms with van der Waals surface area (Å²) >= 11 is 5.94. The Morgan fingerprint density at radius 3 is 2.42 bits per heavy atom. The van der Waals surface area contributed by atoms with E-state index < -0.39 is 6.10 Å². The monoisotopic (exact) mass is 369 g/mol. The topological polar surface area (TPSA) is 29.5 Å². The van der Waals surface area contributed by atoms with Crippen LogP contribution in [0.15, 0.2) is 48.5 Å². The van der Waals surface area contributed by atoms with E-state index in [-0.39, 0.29) is 19.0 Å². The molecule has 0 amide bonds. The fourth-order valence-corrected chi connectivity index (χ4v) is 2.95. The summed E-state index contributed by atoms with van der Waals surface area (Å²) in [5.74, 6) is 0.766. The molecule has 2 aromatic rings. The first-order chi connectivity index (χ1) is 10.9. The Labute approximate surface area is 155 Å². The van der Waals surface area contributed by atoms with Gasteiger partial charge in [0.1, 0.15) is 31.5 Å². The van der Waals surface area contributed by atoms with E-state index in [2.05, 4.69) is 26.2 Å². The molecule has 24 heavy (non-hydrogen) atoms. The molecule has 0 radical (unpaired) electrons. The molecule has 0 aromatic heterocycles. The third kappa shape index (κ3) is 6.70. The minimum atomic E-state index is -0.524. The number of ether oxygens (including phenoxy) is 1. The van der Waals surface area contributed by atoms with E-state index in [1.165, 1.54) is 5.56 Å². The fourth-order valence-electron chi connectivity index (χ4n) is 2.73. The summed E-state index contributed by atoms with van der Waals surface area (Å²) in [5.41, 5.74) is 2.24. The van der Waals surface area contributed by atoms with Crippen molar-refractivity contribution in [2.45, 2.75) is 19.6 Å². The van der Waals surface area contributed by atoms with Crippen LogP contribution in [0.3, 0.4) is 0 Å². The molecule has 0 aliphatic carbocycles. The number of aliphatic hydroxyl groups is 1. The van der Waals surface area contributed by atoms with Gasteiger partial charge in [-0.2, -0.15) is 0 Å². The summed E-state index contributed by atoms with van der Waals surface area (Å²) in [6.45, 7) is 3.72. The average Bonchev–Trinajstić information content (AvgIpc) is 2.46. The van der Waals surface area contributed by atoms with Gasteiger partial charge in [-0.25, -0.2) is 0 Å². The van der Waals surface area contributed by atoms with E-state index in [9.17, 15) is 5.11 Å². The number of hydrogen-bond donors (Lipinski definition) is 1. The maximum absolute atomic E-state index is 10.3. The molecule has 132 valence electrons. The SMILES string of the molecule is Cc1cc(Cl)ccc1OCC(O)C[N+](C)(C)Cc1ccccc1.[Cl-]. The van der Waals surface area contributed by atoms with Crippen molar-refractivity contribution in [2.24, 2.45) is 0 Å². The average molecular weight is 370 g/mol. The van der Waals surface area contributed by atoms with E-state index >= 15 is 0 Å². The van der Waals surface area contributed by atoms with Crippen LogP contribution in [-0.4, -0.2) is 42.9 Å². The van der Waals surface area contributed by atoms with Crippen molar-refractivity contribution in [1.82, 2.24) is 0 Å². The minimum Gasteiger partial charge on any atom is -1.00 e. The zero-order valence-corrected chi connectivity index (χ0v) is 15.9. The Morgan fingerprint density at radius 2 is 1.79 bits per heavy atom. The Hall–Kier alpha value is -1.26. The number of likely N-dealkylation sites (N-methyl/N-ethyl adjacent to an activating group) is 1. The van der Waals surface area contributed by atoms with Crippen LogP contribution in [0, 0.1) is 6.92 Å². The van der Waals surface area contributed by atoms with Gasteiger partial charge in [0.15, 0.2) is 0 Å². The van der Waals surface area contributed by atoms with Crippen LogP contribution in [0.1, 0.15) is 11.1 Å². The van der Waals surface area contributed by atoms with E-state index in [0.29, 0.717) is 16.1 Å². The van der Waals surface area contributed by atoms with Crippen molar-refractivity contribution >= 4 is 11.6 Å². The van der Waals surface area contributed by atoms with Crippen LogP contribution in [0.2, 0.25) is 5.02 Å². The van der Waals surface area contributed by atoms with Gasteiger partial charge >= 0.3 is 0 Å². The molecule has 0 heterocycles. The van der Waals surface area contributed by atoms with Crippen molar-refractivity contribution in [1.29, 1.82) is 0 Å². The summed E-state index contributed by atoms with van der Waals surface area (Å²) < 4.78 is 6.43. The van der Waals surface area contributed by atoms with Crippen LogP contribution in [-0.2, 0) is 6.54 Å². The summed E-state index contributed by atoms with van der Waals surface area (Å²) in [4.78, 5) is 0. The van der Waals surface area contributed by atoms with E-state index in [0.717, 1.165) is 17.9 Å². The number of halogens is 2. The predicted octanol–water partition coefficient (Wildman–Crippen LogP) is 0.669. The Balaban J connectivity index is 0.00000288. The Kier molecular flexibility index (Phi) is 8.04. The highest BCUT2D eigenvalue weighted by atomic mass is 35.5. The molecule has 0 aliphatic heterocycles. The molecule has 5 heteroatoms. The molecular weight excluding hydrogens is 345 g/mol. The summed E-state index contributed by atoms with van der Waals surface area (Å²) in [6, 6.07) is 15.8. The number of nitrogens with zero attached hydrogens (tertiary/aromatic N) is 1. The van der Waals surface area contributed by atoms with Crippen molar-refractivity contribution < 1.29 is 26.7 Å². The first-order valence-electron chi connectivity index (χ1n) is 7.79. The highest BCUT2D eigenvalue weighted by Gasteiger charge is 2.21. The summed E-state index contributed by atoms with van der Waals surface area (Å²) in [6.07, 6.45) is -0.524. The molecule has 0 bridgehead atoms. The van der Waals surface area contributed by atoms with Gasteiger partial charge in [0.2, 0.25) is 0 Å². The molecule has 3 nitrogen and oxygen atoms in total. The minimum absolute atomic E-state index is 0. The number of aliphatic hydroxyl groups excluding tert-OH is 1. The van der Waals surface area contributed by atoms with Gasteiger partial charge in [0.25, 0.3) is 0 Å². The lowest BCUT2D eigenvalue weighted by atomic mass is 10.2. The second kappa shape index (κ2) is 9.28. The predicted molar refractivity (Wildman–Crippen MR) is 94.8 cm³/mol. The Morgan fingerprint density at radius 1 is 1.12 bits per heavy atom. The quantitative estimate of drug-likeness (QED) is 0.726. The van der Waals surface area contributed by atoms with Crippen LogP contribution < -0.4 is 17.1 Å². The molecular formula is C19H25Cl2NO2. The van der Waals surface area contributed by atoms with Gasteiger partial charge in [-0.15, -0.1) is 0 Å². The van der Waals surface area contributed by atoms with Gasteiger partial charge in [-0.05, 0) is 30.7 Å². The molecule has 0 fully saturated rings. The zero-order valence-electron chi connectivity index (χ0n) is 14.4. The summed E-state index contributed by atoms with van der Waals surface area (Å²) in [5, 5.41) is 11.0. The van der Waals surface area contributed by atoms with Gasteiger partial charge < -0.3 is 26.7 Å². The lowest BCUT2D eigenvalue weighted by Gasteiger charge is -2.32. The van der Waals surface area contributed by atoms with Crippen LogP contribution >= 0.6 is 11.6 Å². The number of quaternary nitrogens is 1. The molecule has 0 saturated heterocycles. The summed E-state index contributed by atoms with van der Waals surface area (Å²) in [7, 11) is 4.23. The van der Waals surface area contributed by atoms with Crippen molar-refractivity contribution in [3.05, 3.63) is 64.7 Å². The number of benzene rings is 2. The smallest absolute Gasteiger partial charge is 0.137 e. The van der Waals surface area contributed by atoms with E-state index in [4.69, 9.17) is 16.3 Å². The Bertz CT molecular complexity index is 633. The molecule has 1 N–H and O–H groups in total. The largest absolute Gasteiger partial charge is 1.00 e. The van der Waals surface area contributed by atoms with Crippen LogP contribution in [0.4, 0.5) is 0 Å². The molecule has 2 rings (SSSR count).